The molecule has 3 aromatic rings. The SMILES string of the molecule is O=C(NC(NC(=O)c1ccco1)c1ccccc1Cl)c1ccco1. The van der Waals surface area contributed by atoms with Gasteiger partial charge in [-0.05, 0) is 30.3 Å². The second kappa shape index (κ2) is 7.06. The number of rotatable bonds is 5. The molecular formula is C17H13ClN2O4. The fraction of sp³-hybridized carbons (Fsp3) is 0.0588. The molecule has 2 N–H and O–H groups in total. The van der Waals surface area contributed by atoms with Gasteiger partial charge in [0.1, 0.15) is 6.17 Å². The fourth-order valence-electron chi connectivity index (χ4n) is 2.12. The largest absolute Gasteiger partial charge is 0.459 e. The molecule has 3 rings (SSSR count). The molecule has 2 aromatic heterocycles. The van der Waals surface area contributed by atoms with Gasteiger partial charge in [0, 0.05) is 10.6 Å². The van der Waals surface area contributed by atoms with Gasteiger partial charge in [0.15, 0.2) is 11.5 Å². The van der Waals surface area contributed by atoms with Gasteiger partial charge in [-0.2, -0.15) is 0 Å². The summed E-state index contributed by atoms with van der Waals surface area (Å²) < 4.78 is 10.1. The topological polar surface area (TPSA) is 84.5 Å². The van der Waals surface area contributed by atoms with Crippen LogP contribution in [0.25, 0.3) is 0 Å². The van der Waals surface area contributed by atoms with Crippen molar-refractivity contribution in [2.24, 2.45) is 0 Å². The first kappa shape index (κ1) is 15.9. The second-order valence-corrected chi connectivity index (χ2v) is 5.26. The van der Waals surface area contributed by atoms with E-state index in [1.54, 1.807) is 36.4 Å². The predicted molar refractivity (Wildman–Crippen MR) is 86.5 cm³/mol. The van der Waals surface area contributed by atoms with Gasteiger partial charge in [-0.25, -0.2) is 0 Å². The zero-order valence-electron chi connectivity index (χ0n) is 12.4. The minimum atomic E-state index is -0.853. The number of furan rings is 2. The summed E-state index contributed by atoms with van der Waals surface area (Å²) in [5.74, 6) is -0.715. The molecule has 0 aliphatic rings. The average molecular weight is 345 g/mol. The van der Waals surface area contributed by atoms with E-state index in [1.807, 2.05) is 0 Å². The van der Waals surface area contributed by atoms with Crippen molar-refractivity contribution < 1.29 is 18.4 Å². The van der Waals surface area contributed by atoms with Gasteiger partial charge in [0.2, 0.25) is 0 Å². The summed E-state index contributed by atoms with van der Waals surface area (Å²) in [6.45, 7) is 0. The molecule has 0 bridgehead atoms. The van der Waals surface area contributed by atoms with Crippen LogP contribution in [0.1, 0.15) is 32.8 Å². The number of benzene rings is 1. The van der Waals surface area contributed by atoms with E-state index in [0.29, 0.717) is 10.6 Å². The first-order valence-corrected chi connectivity index (χ1v) is 7.46. The lowest BCUT2D eigenvalue weighted by Gasteiger charge is -2.20. The number of halogens is 1. The van der Waals surface area contributed by atoms with Crippen molar-refractivity contribution in [3.63, 3.8) is 0 Å². The quantitative estimate of drug-likeness (QED) is 0.695. The Morgan fingerprint density at radius 2 is 1.38 bits per heavy atom. The molecule has 7 heteroatoms. The number of hydrogen-bond donors (Lipinski definition) is 2. The molecule has 0 fully saturated rings. The third kappa shape index (κ3) is 3.49. The lowest BCUT2D eigenvalue weighted by Crippen LogP contribution is -2.41. The molecule has 6 nitrogen and oxygen atoms in total. The summed E-state index contributed by atoms with van der Waals surface area (Å²) in [7, 11) is 0. The number of carbonyl (C=O) groups is 2. The zero-order valence-corrected chi connectivity index (χ0v) is 13.1. The maximum atomic E-state index is 12.2. The zero-order chi connectivity index (χ0) is 16.9. The van der Waals surface area contributed by atoms with Gasteiger partial charge >= 0.3 is 0 Å². The lowest BCUT2D eigenvalue weighted by molar-refractivity contribution is 0.0853. The Bertz CT molecular complexity index is 780. The van der Waals surface area contributed by atoms with E-state index in [4.69, 9.17) is 20.4 Å². The standard InChI is InChI=1S/C17H13ClN2O4/c18-12-6-2-1-5-11(12)15(19-16(21)13-7-3-9-23-13)20-17(22)14-8-4-10-24-14/h1-10,15H,(H,19,21)(H,20,22). The monoisotopic (exact) mass is 344 g/mol. The van der Waals surface area contributed by atoms with Crippen molar-refractivity contribution in [2.75, 3.05) is 0 Å². The number of nitrogens with one attached hydrogen (secondary N) is 2. The number of carbonyl (C=O) groups excluding carboxylic acids is 2. The summed E-state index contributed by atoms with van der Waals surface area (Å²) in [6.07, 6.45) is 1.93. The van der Waals surface area contributed by atoms with Crippen LogP contribution in [0.3, 0.4) is 0 Å². The molecule has 122 valence electrons. The van der Waals surface area contributed by atoms with Crippen molar-refractivity contribution in [3.8, 4) is 0 Å². The van der Waals surface area contributed by atoms with Crippen molar-refractivity contribution in [1.29, 1.82) is 0 Å². The summed E-state index contributed by atoms with van der Waals surface area (Å²) in [4.78, 5) is 24.5. The van der Waals surface area contributed by atoms with Crippen molar-refractivity contribution in [3.05, 3.63) is 83.2 Å². The van der Waals surface area contributed by atoms with Crippen LogP contribution in [-0.2, 0) is 0 Å². The first-order chi connectivity index (χ1) is 11.6. The third-order valence-electron chi connectivity index (χ3n) is 3.26. The molecule has 0 saturated heterocycles. The normalized spacial score (nSPS) is 10.6. The molecule has 24 heavy (non-hydrogen) atoms. The Kier molecular flexibility index (Phi) is 4.67. The molecule has 0 spiro atoms. The van der Waals surface area contributed by atoms with E-state index in [1.165, 1.54) is 24.7 Å². The minimum Gasteiger partial charge on any atom is -0.459 e. The average Bonchev–Trinajstić information content (AvgIpc) is 3.28. The molecule has 2 amide bonds. The molecule has 1 aromatic carbocycles. The molecule has 0 aliphatic heterocycles. The van der Waals surface area contributed by atoms with Crippen LogP contribution in [-0.4, -0.2) is 11.8 Å². The highest BCUT2D eigenvalue weighted by Crippen LogP contribution is 2.22. The number of amides is 2. The third-order valence-corrected chi connectivity index (χ3v) is 3.60. The minimum absolute atomic E-state index is 0.124. The van der Waals surface area contributed by atoms with Crippen LogP contribution in [0.2, 0.25) is 5.02 Å². The summed E-state index contributed by atoms with van der Waals surface area (Å²) in [5, 5.41) is 5.76. The fourth-order valence-corrected chi connectivity index (χ4v) is 2.37. The lowest BCUT2D eigenvalue weighted by atomic mass is 10.1. The molecule has 0 saturated carbocycles. The van der Waals surface area contributed by atoms with Gasteiger partial charge in [-0.3, -0.25) is 9.59 Å². The van der Waals surface area contributed by atoms with Gasteiger partial charge in [0.05, 0.1) is 12.5 Å². The number of hydrogen-bond acceptors (Lipinski definition) is 4. The van der Waals surface area contributed by atoms with Gasteiger partial charge in [0.25, 0.3) is 11.8 Å². The molecule has 0 unspecified atom stereocenters. The Hall–Kier alpha value is -2.99. The van der Waals surface area contributed by atoms with Crippen LogP contribution >= 0.6 is 11.6 Å². The smallest absolute Gasteiger partial charge is 0.288 e. The highest BCUT2D eigenvalue weighted by molar-refractivity contribution is 6.31. The first-order valence-electron chi connectivity index (χ1n) is 7.08. The van der Waals surface area contributed by atoms with E-state index in [0.717, 1.165) is 0 Å². The van der Waals surface area contributed by atoms with Gasteiger partial charge < -0.3 is 19.5 Å². The van der Waals surface area contributed by atoms with E-state index < -0.39 is 18.0 Å². The van der Waals surface area contributed by atoms with Crippen molar-refractivity contribution >= 4 is 23.4 Å². The molecule has 0 atom stereocenters. The Balaban J connectivity index is 1.85. The van der Waals surface area contributed by atoms with Crippen molar-refractivity contribution in [2.45, 2.75) is 6.17 Å². The summed E-state index contributed by atoms with van der Waals surface area (Å²) in [6, 6.07) is 13.1. The van der Waals surface area contributed by atoms with Gasteiger partial charge in [-0.1, -0.05) is 29.8 Å². The Labute approximate surface area is 142 Å². The van der Waals surface area contributed by atoms with E-state index in [-0.39, 0.29) is 11.5 Å². The van der Waals surface area contributed by atoms with Crippen LogP contribution in [0.4, 0.5) is 0 Å². The Morgan fingerprint density at radius 1 is 0.833 bits per heavy atom. The van der Waals surface area contributed by atoms with E-state index in [2.05, 4.69) is 10.6 Å². The van der Waals surface area contributed by atoms with E-state index in [9.17, 15) is 9.59 Å². The molecule has 2 heterocycles. The summed E-state index contributed by atoms with van der Waals surface area (Å²) in [5.41, 5.74) is 0.541. The summed E-state index contributed by atoms with van der Waals surface area (Å²) >= 11 is 6.19. The maximum Gasteiger partial charge on any atom is 0.288 e. The molecule has 0 radical (unpaired) electrons. The predicted octanol–water partition coefficient (Wildman–Crippen LogP) is 3.38. The van der Waals surface area contributed by atoms with Crippen LogP contribution in [0, 0.1) is 0 Å². The Morgan fingerprint density at radius 3 is 1.83 bits per heavy atom. The van der Waals surface area contributed by atoms with Gasteiger partial charge in [-0.15, -0.1) is 0 Å². The van der Waals surface area contributed by atoms with Crippen LogP contribution < -0.4 is 10.6 Å². The highest BCUT2D eigenvalue weighted by Gasteiger charge is 2.22. The molecular weight excluding hydrogens is 332 g/mol. The van der Waals surface area contributed by atoms with Crippen LogP contribution in [0.5, 0.6) is 0 Å². The van der Waals surface area contributed by atoms with Crippen molar-refractivity contribution in [1.82, 2.24) is 10.6 Å². The van der Waals surface area contributed by atoms with E-state index >= 15 is 0 Å². The second-order valence-electron chi connectivity index (χ2n) is 4.86. The van der Waals surface area contributed by atoms with Crippen LogP contribution in [0.15, 0.2) is 69.9 Å². The molecule has 0 aliphatic carbocycles. The maximum absolute atomic E-state index is 12.2. The highest BCUT2D eigenvalue weighted by atomic mass is 35.5.